The Morgan fingerprint density at radius 2 is 1.83 bits per heavy atom. The van der Waals surface area contributed by atoms with E-state index in [9.17, 15) is 8.42 Å². The Kier molecular flexibility index (Phi) is 4.45. The Labute approximate surface area is 142 Å². The maximum absolute atomic E-state index is 13.0. The zero-order valence-corrected chi connectivity index (χ0v) is 14.7. The molecule has 0 bridgehead atoms. The Hall–Kier alpha value is -1.43. The number of sulfonamides is 1. The van der Waals surface area contributed by atoms with Gasteiger partial charge < -0.3 is 0 Å². The van der Waals surface area contributed by atoms with Crippen LogP contribution >= 0.6 is 11.6 Å². The zero-order chi connectivity index (χ0) is 16.6. The molecule has 1 atom stereocenters. The van der Waals surface area contributed by atoms with Crippen molar-refractivity contribution < 1.29 is 8.42 Å². The van der Waals surface area contributed by atoms with E-state index in [1.54, 1.807) is 22.5 Å². The van der Waals surface area contributed by atoms with Crippen LogP contribution in [-0.2, 0) is 10.0 Å². The molecule has 6 heteroatoms. The molecule has 2 heterocycles. The third-order valence-electron chi connectivity index (χ3n) is 4.28. The van der Waals surface area contributed by atoms with Crippen LogP contribution in [0.4, 0.5) is 0 Å². The number of rotatable bonds is 3. The Morgan fingerprint density at radius 3 is 2.48 bits per heavy atom. The minimum Gasteiger partial charge on any atom is -0.241 e. The van der Waals surface area contributed by atoms with Crippen molar-refractivity contribution in [3.05, 3.63) is 58.4 Å². The number of hydrogen-bond donors (Lipinski definition) is 0. The molecule has 1 aliphatic heterocycles. The van der Waals surface area contributed by atoms with Gasteiger partial charge >= 0.3 is 0 Å². The Balaban J connectivity index is 1.99. The predicted molar refractivity (Wildman–Crippen MR) is 91.0 cm³/mol. The van der Waals surface area contributed by atoms with Gasteiger partial charge in [-0.15, -0.1) is 0 Å². The average Bonchev–Trinajstić information content (AvgIpc) is 2.97. The molecule has 2 aromatic rings. The molecule has 1 fully saturated rings. The van der Waals surface area contributed by atoms with E-state index in [1.807, 2.05) is 32.0 Å². The fraction of sp³-hybridized carbons (Fsp3) is 0.353. The van der Waals surface area contributed by atoms with E-state index < -0.39 is 10.0 Å². The molecule has 0 aliphatic carbocycles. The second kappa shape index (κ2) is 6.23. The molecular formula is C17H19ClN2O2S. The summed E-state index contributed by atoms with van der Waals surface area (Å²) in [5.41, 5.74) is 2.76. The molecule has 4 nitrogen and oxygen atoms in total. The molecule has 0 N–H and O–H groups in total. The number of aromatic nitrogens is 1. The van der Waals surface area contributed by atoms with Gasteiger partial charge in [-0.3, -0.25) is 0 Å². The molecular weight excluding hydrogens is 332 g/mol. The van der Waals surface area contributed by atoms with Crippen LogP contribution in [0.3, 0.4) is 0 Å². The normalized spacial score (nSPS) is 19.2. The van der Waals surface area contributed by atoms with Crippen molar-refractivity contribution in [2.75, 3.05) is 6.54 Å². The number of benzene rings is 1. The third-order valence-corrected chi connectivity index (χ3v) is 6.42. The summed E-state index contributed by atoms with van der Waals surface area (Å²) >= 11 is 5.92. The van der Waals surface area contributed by atoms with Gasteiger partial charge in [-0.05, 0) is 50.5 Å². The van der Waals surface area contributed by atoms with Crippen LogP contribution in [0.15, 0.2) is 41.3 Å². The Morgan fingerprint density at radius 1 is 1.13 bits per heavy atom. The van der Waals surface area contributed by atoms with Crippen LogP contribution in [0.25, 0.3) is 0 Å². The van der Waals surface area contributed by atoms with E-state index in [-0.39, 0.29) is 6.04 Å². The summed E-state index contributed by atoms with van der Waals surface area (Å²) in [6.07, 6.45) is 1.65. The molecule has 1 aromatic carbocycles. The topological polar surface area (TPSA) is 50.3 Å². The fourth-order valence-corrected chi connectivity index (χ4v) is 4.94. The lowest BCUT2D eigenvalue weighted by Crippen LogP contribution is -2.31. The number of halogens is 1. The first-order valence-corrected chi connectivity index (χ1v) is 9.43. The largest absolute Gasteiger partial charge is 0.243 e. The predicted octanol–water partition coefficient (Wildman–Crippen LogP) is 3.88. The third kappa shape index (κ3) is 3.13. The summed E-state index contributed by atoms with van der Waals surface area (Å²) in [6, 6.07) is 10.4. The minimum atomic E-state index is -3.51. The van der Waals surface area contributed by atoms with Crippen LogP contribution < -0.4 is 0 Å². The van der Waals surface area contributed by atoms with Crippen LogP contribution in [0.2, 0.25) is 5.15 Å². The SMILES string of the molecule is Cc1ccc(S(=O)(=O)N2CCCC2c2ccc(Cl)nc2C)cc1. The highest BCUT2D eigenvalue weighted by Crippen LogP contribution is 2.37. The van der Waals surface area contributed by atoms with E-state index in [0.717, 1.165) is 29.7 Å². The Bertz CT molecular complexity index is 819. The van der Waals surface area contributed by atoms with Crippen molar-refractivity contribution >= 4 is 21.6 Å². The van der Waals surface area contributed by atoms with Gasteiger partial charge in [0.05, 0.1) is 10.9 Å². The molecule has 1 aromatic heterocycles. The van der Waals surface area contributed by atoms with E-state index >= 15 is 0 Å². The van der Waals surface area contributed by atoms with Gasteiger partial charge in [-0.1, -0.05) is 35.4 Å². The first kappa shape index (κ1) is 16.4. The summed E-state index contributed by atoms with van der Waals surface area (Å²) in [6.45, 7) is 4.34. The van der Waals surface area contributed by atoms with Crippen molar-refractivity contribution in [2.45, 2.75) is 37.6 Å². The summed E-state index contributed by atoms with van der Waals surface area (Å²) < 4.78 is 27.6. The van der Waals surface area contributed by atoms with E-state index in [0.29, 0.717) is 16.6 Å². The van der Waals surface area contributed by atoms with Crippen LogP contribution in [0.1, 0.15) is 35.7 Å². The monoisotopic (exact) mass is 350 g/mol. The number of aryl methyl sites for hydroxylation is 2. The lowest BCUT2D eigenvalue weighted by atomic mass is 10.0. The highest BCUT2D eigenvalue weighted by Gasteiger charge is 2.36. The summed E-state index contributed by atoms with van der Waals surface area (Å²) in [5.74, 6) is 0. The summed E-state index contributed by atoms with van der Waals surface area (Å²) in [5, 5.41) is 0.428. The molecule has 0 saturated carbocycles. The lowest BCUT2D eigenvalue weighted by molar-refractivity contribution is 0.395. The zero-order valence-electron chi connectivity index (χ0n) is 13.2. The first-order chi connectivity index (χ1) is 10.9. The number of nitrogens with zero attached hydrogens (tertiary/aromatic N) is 2. The van der Waals surface area contributed by atoms with Gasteiger partial charge in [-0.2, -0.15) is 4.31 Å². The van der Waals surface area contributed by atoms with Crippen LogP contribution in [0.5, 0.6) is 0 Å². The van der Waals surface area contributed by atoms with Crippen LogP contribution in [-0.4, -0.2) is 24.3 Å². The molecule has 122 valence electrons. The van der Waals surface area contributed by atoms with E-state index in [1.165, 1.54) is 0 Å². The molecule has 1 saturated heterocycles. The van der Waals surface area contributed by atoms with Crippen molar-refractivity contribution in [2.24, 2.45) is 0 Å². The molecule has 1 aliphatic rings. The average molecular weight is 351 g/mol. The quantitative estimate of drug-likeness (QED) is 0.789. The highest BCUT2D eigenvalue weighted by molar-refractivity contribution is 7.89. The van der Waals surface area contributed by atoms with Crippen molar-refractivity contribution in [3.63, 3.8) is 0 Å². The molecule has 0 spiro atoms. The standard InChI is InChI=1S/C17H19ClN2O2S/c1-12-5-7-14(8-6-12)23(21,22)20-11-3-4-16(20)15-9-10-17(18)19-13(15)2/h5-10,16H,3-4,11H2,1-2H3. The molecule has 0 radical (unpaired) electrons. The fourth-order valence-electron chi connectivity index (χ4n) is 3.08. The van der Waals surface area contributed by atoms with Crippen molar-refractivity contribution in [3.8, 4) is 0 Å². The summed E-state index contributed by atoms with van der Waals surface area (Å²) in [4.78, 5) is 4.61. The van der Waals surface area contributed by atoms with E-state index in [4.69, 9.17) is 11.6 Å². The van der Waals surface area contributed by atoms with Crippen LogP contribution in [0, 0.1) is 13.8 Å². The minimum absolute atomic E-state index is 0.175. The van der Waals surface area contributed by atoms with Gasteiger partial charge in [0.25, 0.3) is 0 Å². The smallest absolute Gasteiger partial charge is 0.241 e. The second-order valence-corrected chi connectivity index (χ2v) is 8.17. The maximum atomic E-state index is 13.0. The first-order valence-electron chi connectivity index (χ1n) is 7.61. The maximum Gasteiger partial charge on any atom is 0.243 e. The van der Waals surface area contributed by atoms with Crippen molar-refractivity contribution in [1.29, 1.82) is 0 Å². The molecule has 1 unspecified atom stereocenters. The summed E-state index contributed by atoms with van der Waals surface area (Å²) in [7, 11) is -3.51. The lowest BCUT2D eigenvalue weighted by Gasteiger charge is -2.25. The second-order valence-electron chi connectivity index (χ2n) is 5.90. The van der Waals surface area contributed by atoms with Gasteiger partial charge in [0.15, 0.2) is 0 Å². The van der Waals surface area contributed by atoms with Gasteiger partial charge in [0.1, 0.15) is 5.15 Å². The molecule has 23 heavy (non-hydrogen) atoms. The number of hydrogen-bond acceptors (Lipinski definition) is 3. The number of pyridine rings is 1. The van der Waals surface area contributed by atoms with Gasteiger partial charge in [0.2, 0.25) is 10.0 Å². The molecule has 3 rings (SSSR count). The van der Waals surface area contributed by atoms with E-state index in [2.05, 4.69) is 4.98 Å². The van der Waals surface area contributed by atoms with Gasteiger partial charge in [-0.25, -0.2) is 13.4 Å². The highest BCUT2D eigenvalue weighted by atomic mass is 35.5. The van der Waals surface area contributed by atoms with Gasteiger partial charge in [0, 0.05) is 12.2 Å². The van der Waals surface area contributed by atoms with Crippen molar-refractivity contribution in [1.82, 2.24) is 9.29 Å². The molecule has 0 amide bonds.